The van der Waals surface area contributed by atoms with E-state index in [0.717, 1.165) is 0 Å². The molecule has 0 saturated carbocycles. The van der Waals surface area contributed by atoms with Gasteiger partial charge in [0.1, 0.15) is 5.75 Å². The van der Waals surface area contributed by atoms with E-state index < -0.39 is 19.9 Å². The van der Waals surface area contributed by atoms with Crippen LogP contribution in [0.25, 0.3) is 0 Å². The SMILES string of the molecule is COc1ccc(S(=O)(=O)N2CCN([C@H]3CCS(=O)(=O)C3)CC2)cc1. The fourth-order valence-corrected chi connectivity index (χ4v) is 6.45. The maximum atomic E-state index is 12.7. The van der Waals surface area contributed by atoms with Gasteiger partial charge in [-0.3, -0.25) is 4.90 Å². The summed E-state index contributed by atoms with van der Waals surface area (Å²) in [5.74, 6) is 1.04. The highest BCUT2D eigenvalue weighted by atomic mass is 32.2. The molecular formula is C15H22N2O5S2. The third-order valence-corrected chi connectivity index (χ3v) is 8.36. The smallest absolute Gasteiger partial charge is 0.243 e. The topological polar surface area (TPSA) is 84.0 Å². The molecule has 0 spiro atoms. The fraction of sp³-hybridized carbons (Fsp3) is 0.600. The Balaban J connectivity index is 1.65. The van der Waals surface area contributed by atoms with Crippen molar-refractivity contribution in [3.05, 3.63) is 24.3 Å². The molecule has 2 aliphatic heterocycles. The lowest BCUT2D eigenvalue weighted by Gasteiger charge is -2.36. The highest BCUT2D eigenvalue weighted by molar-refractivity contribution is 7.91. The molecule has 7 nitrogen and oxygen atoms in total. The maximum absolute atomic E-state index is 12.7. The van der Waals surface area contributed by atoms with Gasteiger partial charge in [-0.05, 0) is 30.7 Å². The number of hydrogen-bond acceptors (Lipinski definition) is 6. The molecule has 0 aromatic heterocycles. The van der Waals surface area contributed by atoms with E-state index in [-0.39, 0.29) is 22.4 Å². The zero-order chi connectivity index (χ0) is 17.4. The molecule has 0 radical (unpaired) electrons. The molecule has 0 unspecified atom stereocenters. The summed E-state index contributed by atoms with van der Waals surface area (Å²) in [4.78, 5) is 2.35. The van der Waals surface area contributed by atoms with Crippen LogP contribution in [0.1, 0.15) is 6.42 Å². The lowest BCUT2D eigenvalue weighted by atomic mass is 10.2. The molecule has 1 aromatic carbocycles. The number of sulfone groups is 1. The maximum Gasteiger partial charge on any atom is 0.243 e. The third kappa shape index (κ3) is 3.58. The number of nitrogens with zero attached hydrogens (tertiary/aromatic N) is 2. The van der Waals surface area contributed by atoms with Gasteiger partial charge in [-0.25, -0.2) is 16.8 Å². The molecule has 1 aromatic rings. The Kier molecular flexibility index (Phi) is 4.87. The van der Waals surface area contributed by atoms with Crippen molar-refractivity contribution < 1.29 is 21.6 Å². The molecule has 0 aliphatic carbocycles. The van der Waals surface area contributed by atoms with E-state index in [2.05, 4.69) is 4.90 Å². The van der Waals surface area contributed by atoms with E-state index in [1.807, 2.05) is 0 Å². The van der Waals surface area contributed by atoms with E-state index in [4.69, 9.17) is 4.74 Å². The van der Waals surface area contributed by atoms with Gasteiger partial charge in [0.25, 0.3) is 0 Å². The largest absolute Gasteiger partial charge is 0.497 e. The fourth-order valence-electron chi connectivity index (χ4n) is 3.27. The Bertz CT molecular complexity index is 782. The van der Waals surface area contributed by atoms with Crippen LogP contribution in [0, 0.1) is 0 Å². The number of sulfonamides is 1. The molecule has 2 saturated heterocycles. The number of hydrogen-bond donors (Lipinski definition) is 0. The monoisotopic (exact) mass is 374 g/mol. The van der Waals surface area contributed by atoms with Gasteiger partial charge in [0.2, 0.25) is 10.0 Å². The standard InChI is InChI=1S/C15H22N2O5S2/c1-22-14-2-4-15(5-3-14)24(20,21)17-9-7-16(8-10-17)13-6-11-23(18,19)12-13/h2-5,13H,6-12H2,1H3/t13-/m0/s1. The second-order valence-electron chi connectivity index (χ2n) is 6.17. The molecular weight excluding hydrogens is 352 g/mol. The Labute approximate surface area is 143 Å². The Hall–Kier alpha value is -1.16. The van der Waals surface area contributed by atoms with Crippen LogP contribution in [0.4, 0.5) is 0 Å². The first-order chi connectivity index (χ1) is 11.3. The number of benzene rings is 1. The van der Waals surface area contributed by atoms with E-state index in [0.29, 0.717) is 38.3 Å². The summed E-state index contributed by atoms with van der Waals surface area (Å²) in [6.45, 7) is 1.89. The molecule has 3 rings (SSSR count). The normalized spacial score (nSPS) is 25.6. The van der Waals surface area contributed by atoms with Crippen LogP contribution in [0.3, 0.4) is 0 Å². The molecule has 0 N–H and O–H groups in total. The minimum Gasteiger partial charge on any atom is -0.497 e. The van der Waals surface area contributed by atoms with Gasteiger partial charge in [-0.2, -0.15) is 4.31 Å². The lowest BCUT2D eigenvalue weighted by molar-refractivity contribution is 0.148. The minimum atomic E-state index is -3.52. The molecule has 134 valence electrons. The Morgan fingerprint density at radius 2 is 1.71 bits per heavy atom. The molecule has 0 amide bonds. The summed E-state index contributed by atoms with van der Waals surface area (Å²) in [5.41, 5.74) is 0. The summed E-state index contributed by atoms with van der Waals surface area (Å²) in [5, 5.41) is 0. The average Bonchev–Trinajstić information content (AvgIpc) is 2.95. The summed E-state index contributed by atoms with van der Waals surface area (Å²) < 4.78 is 55.1. The van der Waals surface area contributed by atoms with Crippen molar-refractivity contribution in [2.24, 2.45) is 0 Å². The van der Waals surface area contributed by atoms with Crippen LogP contribution in [0.2, 0.25) is 0 Å². The lowest BCUT2D eigenvalue weighted by Crippen LogP contribution is -2.52. The summed E-state index contributed by atoms with van der Waals surface area (Å²) in [6, 6.07) is 6.38. The summed E-state index contributed by atoms with van der Waals surface area (Å²) in [6.07, 6.45) is 0.646. The molecule has 9 heteroatoms. The second kappa shape index (κ2) is 6.62. The quantitative estimate of drug-likeness (QED) is 0.748. The first-order valence-electron chi connectivity index (χ1n) is 7.90. The van der Waals surface area contributed by atoms with Crippen molar-refractivity contribution in [2.45, 2.75) is 17.4 Å². The van der Waals surface area contributed by atoms with Crippen LogP contribution < -0.4 is 4.74 Å². The summed E-state index contributed by atoms with van der Waals surface area (Å²) >= 11 is 0. The van der Waals surface area contributed by atoms with E-state index in [1.54, 1.807) is 24.3 Å². The number of ether oxygens (including phenoxy) is 1. The zero-order valence-corrected chi connectivity index (χ0v) is 15.2. The molecule has 24 heavy (non-hydrogen) atoms. The molecule has 2 fully saturated rings. The van der Waals surface area contributed by atoms with E-state index in [1.165, 1.54) is 11.4 Å². The number of methoxy groups -OCH3 is 1. The van der Waals surface area contributed by atoms with Crippen molar-refractivity contribution in [3.8, 4) is 5.75 Å². The number of piperazine rings is 1. The second-order valence-corrected chi connectivity index (χ2v) is 10.3. The first-order valence-corrected chi connectivity index (χ1v) is 11.2. The van der Waals surface area contributed by atoms with Gasteiger partial charge in [-0.1, -0.05) is 0 Å². The Morgan fingerprint density at radius 1 is 1.08 bits per heavy atom. The predicted octanol–water partition coefficient (Wildman–Crippen LogP) is 0.189. The van der Waals surface area contributed by atoms with Crippen molar-refractivity contribution in [3.63, 3.8) is 0 Å². The van der Waals surface area contributed by atoms with Crippen LogP contribution in [-0.2, 0) is 19.9 Å². The van der Waals surface area contributed by atoms with Gasteiger partial charge in [0.15, 0.2) is 9.84 Å². The predicted molar refractivity (Wildman–Crippen MR) is 90.4 cm³/mol. The highest BCUT2D eigenvalue weighted by Crippen LogP contribution is 2.23. The van der Waals surface area contributed by atoms with Crippen LogP contribution >= 0.6 is 0 Å². The molecule has 0 bridgehead atoms. The highest BCUT2D eigenvalue weighted by Gasteiger charge is 2.36. The zero-order valence-electron chi connectivity index (χ0n) is 13.6. The molecule has 2 heterocycles. The van der Waals surface area contributed by atoms with Gasteiger partial charge in [0, 0.05) is 32.2 Å². The first kappa shape index (κ1) is 17.7. The van der Waals surface area contributed by atoms with Crippen molar-refractivity contribution in [2.75, 3.05) is 44.8 Å². The molecule has 2 aliphatic rings. The third-order valence-electron chi connectivity index (χ3n) is 4.70. The van der Waals surface area contributed by atoms with Gasteiger partial charge in [-0.15, -0.1) is 0 Å². The van der Waals surface area contributed by atoms with Crippen molar-refractivity contribution >= 4 is 19.9 Å². The summed E-state index contributed by atoms with van der Waals surface area (Å²) in [7, 11) is -4.91. The van der Waals surface area contributed by atoms with Crippen LogP contribution in [0.15, 0.2) is 29.2 Å². The minimum absolute atomic E-state index is 0.0286. The van der Waals surface area contributed by atoms with Gasteiger partial charge < -0.3 is 4.74 Å². The van der Waals surface area contributed by atoms with E-state index in [9.17, 15) is 16.8 Å². The van der Waals surface area contributed by atoms with E-state index >= 15 is 0 Å². The van der Waals surface area contributed by atoms with Crippen molar-refractivity contribution in [1.82, 2.24) is 9.21 Å². The average molecular weight is 374 g/mol. The van der Waals surface area contributed by atoms with Crippen molar-refractivity contribution in [1.29, 1.82) is 0 Å². The van der Waals surface area contributed by atoms with Gasteiger partial charge >= 0.3 is 0 Å². The Morgan fingerprint density at radius 3 is 2.21 bits per heavy atom. The number of rotatable bonds is 4. The molecule has 1 atom stereocenters. The van der Waals surface area contributed by atoms with Crippen LogP contribution in [0.5, 0.6) is 5.75 Å². The van der Waals surface area contributed by atoms with Crippen LogP contribution in [-0.4, -0.2) is 76.9 Å². The van der Waals surface area contributed by atoms with Gasteiger partial charge in [0.05, 0.1) is 23.5 Å².